The molecule has 0 saturated carbocycles. The summed E-state index contributed by atoms with van der Waals surface area (Å²) >= 11 is 3.03. The zero-order chi connectivity index (χ0) is 12.6. The minimum absolute atomic E-state index is 0.284. The van der Waals surface area contributed by atoms with Crippen LogP contribution in [0.4, 0.5) is 18.0 Å². The number of carbonyl (C=O) groups excluding carboxylic acids is 1. The van der Waals surface area contributed by atoms with E-state index in [1.807, 2.05) is 0 Å². The first-order valence-corrected chi connectivity index (χ1v) is 5.57. The van der Waals surface area contributed by atoms with Crippen molar-refractivity contribution in [3.8, 4) is 0 Å². The molecular weight excluding hydrogens is 301 g/mol. The molecule has 0 aromatic heterocycles. The molecule has 1 aromatic rings. The number of hydrogen-bond acceptors (Lipinski definition) is 1. The maximum atomic E-state index is 12.6. The summed E-state index contributed by atoms with van der Waals surface area (Å²) in [5, 5.41) is 5.04. The van der Waals surface area contributed by atoms with E-state index in [0.29, 0.717) is 10.0 Å². The third-order valence-electron chi connectivity index (χ3n) is 2.42. The molecule has 3 nitrogen and oxygen atoms in total. The molecule has 0 spiro atoms. The fraction of sp³-hybridized carbons (Fsp3) is 0.300. The second kappa shape index (κ2) is 4.21. The average Bonchev–Trinajstić information content (AvgIpc) is 2.62. The van der Waals surface area contributed by atoms with Crippen molar-refractivity contribution in [2.24, 2.45) is 0 Å². The number of hydrogen-bond donors (Lipinski definition) is 2. The van der Waals surface area contributed by atoms with Gasteiger partial charge in [0.05, 0.1) is 11.6 Å². The van der Waals surface area contributed by atoms with Crippen LogP contribution < -0.4 is 10.6 Å². The minimum Gasteiger partial charge on any atom is -0.336 e. The molecule has 1 fully saturated rings. The molecule has 17 heavy (non-hydrogen) atoms. The van der Waals surface area contributed by atoms with E-state index >= 15 is 0 Å². The van der Waals surface area contributed by atoms with Gasteiger partial charge in [0.25, 0.3) is 0 Å². The lowest BCUT2D eigenvalue weighted by Crippen LogP contribution is -2.22. The van der Waals surface area contributed by atoms with Crippen molar-refractivity contribution in [2.45, 2.75) is 12.2 Å². The molecule has 2 N–H and O–H groups in total. The standard InChI is InChI=1S/C10H8BrF3N2O/c11-7-2-5(8-4-15-9(17)16-8)1-6(3-7)10(12,13)14/h1-3,8H,4H2,(H2,15,16,17)/t8-/m1/s1. The molecule has 1 atom stereocenters. The summed E-state index contributed by atoms with van der Waals surface area (Å²) in [6.07, 6.45) is -4.39. The van der Waals surface area contributed by atoms with Crippen LogP contribution >= 0.6 is 15.9 Å². The van der Waals surface area contributed by atoms with Gasteiger partial charge in [-0.05, 0) is 23.8 Å². The first kappa shape index (κ1) is 12.2. The van der Waals surface area contributed by atoms with Gasteiger partial charge in [0, 0.05) is 11.0 Å². The number of nitrogens with one attached hydrogen (secondary N) is 2. The Morgan fingerprint density at radius 1 is 1.29 bits per heavy atom. The molecule has 2 rings (SSSR count). The Morgan fingerprint density at radius 2 is 2.00 bits per heavy atom. The van der Waals surface area contributed by atoms with Gasteiger partial charge in [-0.3, -0.25) is 0 Å². The molecule has 1 saturated heterocycles. The Kier molecular flexibility index (Phi) is 3.03. The number of alkyl halides is 3. The molecule has 92 valence electrons. The summed E-state index contributed by atoms with van der Waals surface area (Å²) in [6, 6.07) is 2.81. The SMILES string of the molecule is O=C1NC[C@H](c2cc(Br)cc(C(F)(F)F)c2)N1. The molecule has 1 aromatic carbocycles. The van der Waals surface area contributed by atoms with Gasteiger partial charge in [-0.1, -0.05) is 15.9 Å². The van der Waals surface area contributed by atoms with Crippen molar-refractivity contribution in [3.63, 3.8) is 0 Å². The highest BCUT2D eigenvalue weighted by Gasteiger charge is 2.32. The molecule has 7 heteroatoms. The fourth-order valence-electron chi connectivity index (χ4n) is 1.63. The van der Waals surface area contributed by atoms with E-state index in [9.17, 15) is 18.0 Å². The van der Waals surface area contributed by atoms with Crippen molar-refractivity contribution >= 4 is 22.0 Å². The number of carbonyl (C=O) groups is 1. The van der Waals surface area contributed by atoms with Gasteiger partial charge in [-0.2, -0.15) is 13.2 Å². The van der Waals surface area contributed by atoms with Crippen LogP contribution in [0.5, 0.6) is 0 Å². The fourth-order valence-corrected chi connectivity index (χ4v) is 2.14. The summed E-state index contributed by atoms with van der Waals surface area (Å²) in [7, 11) is 0. The van der Waals surface area contributed by atoms with Gasteiger partial charge in [0.1, 0.15) is 0 Å². The predicted octanol–water partition coefficient (Wildman–Crippen LogP) is 2.82. The first-order chi connectivity index (χ1) is 7.86. The van der Waals surface area contributed by atoms with Crippen LogP contribution in [0.1, 0.15) is 17.2 Å². The second-order valence-corrected chi connectivity index (χ2v) is 4.59. The summed E-state index contributed by atoms with van der Waals surface area (Å²) in [5.41, 5.74) is -0.312. The normalized spacial score (nSPS) is 20.0. The quantitative estimate of drug-likeness (QED) is 0.823. The van der Waals surface area contributed by atoms with Crippen LogP contribution in [0.15, 0.2) is 22.7 Å². The highest BCUT2D eigenvalue weighted by atomic mass is 79.9. The number of amides is 2. The Balaban J connectivity index is 2.35. The maximum absolute atomic E-state index is 12.6. The number of urea groups is 1. The average molecular weight is 309 g/mol. The van der Waals surface area contributed by atoms with E-state index in [1.165, 1.54) is 0 Å². The molecule has 0 aliphatic carbocycles. The lowest BCUT2D eigenvalue weighted by molar-refractivity contribution is -0.137. The third-order valence-corrected chi connectivity index (χ3v) is 2.88. The lowest BCUT2D eigenvalue weighted by atomic mass is 10.0. The van der Waals surface area contributed by atoms with Crippen molar-refractivity contribution in [1.29, 1.82) is 0 Å². The molecule has 1 aliphatic rings. The molecule has 0 unspecified atom stereocenters. The van der Waals surface area contributed by atoms with E-state index < -0.39 is 17.8 Å². The monoisotopic (exact) mass is 308 g/mol. The zero-order valence-corrected chi connectivity index (χ0v) is 10.0. The van der Waals surface area contributed by atoms with Crippen molar-refractivity contribution in [1.82, 2.24) is 10.6 Å². The van der Waals surface area contributed by atoms with Gasteiger partial charge in [0.2, 0.25) is 0 Å². The topological polar surface area (TPSA) is 41.1 Å². The van der Waals surface area contributed by atoms with E-state index in [2.05, 4.69) is 26.6 Å². The van der Waals surface area contributed by atoms with Crippen LogP contribution in [-0.2, 0) is 6.18 Å². The number of halogens is 4. The summed E-state index contributed by atoms with van der Waals surface area (Å²) in [4.78, 5) is 10.9. The van der Waals surface area contributed by atoms with Crippen molar-refractivity contribution in [2.75, 3.05) is 6.54 Å². The smallest absolute Gasteiger partial charge is 0.336 e. The van der Waals surface area contributed by atoms with Crippen molar-refractivity contribution in [3.05, 3.63) is 33.8 Å². The minimum atomic E-state index is -4.39. The van der Waals surface area contributed by atoms with E-state index in [-0.39, 0.29) is 12.6 Å². The predicted molar refractivity (Wildman–Crippen MR) is 58.4 cm³/mol. The zero-order valence-electron chi connectivity index (χ0n) is 8.44. The first-order valence-electron chi connectivity index (χ1n) is 4.78. The summed E-state index contributed by atoms with van der Waals surface area (Å²) < 4.78 is 38.1. The van der Waals surface area contributed by atoms with Gasteiger partial charge in [-0.15, -0.1) is 0 Å². The Hall–Kier alpha value is -1.24. The van der Waals surface area contributed by atoms with Crippen LogP contribution in [-0.4, -0.2) is 12.6 Å². The largest absolute Gasteiger partial charge is 0.416 e. The summed E-state index contributed by atoms with van der Waals surface area (Å²) in [5.74, 6) is 0. The molecule has 0 radical (unpaired) electrons. The highest BCUT2D eigenvalue weighted by molar-refractivity contribution is 9.10. The van der Waals surface area contributed by atoms with Crippen LogP contribution in [0.2, 0.25) is 0 Å². The van der Waals surface area contributed by atoms with Gasteiger partial charge in [0.15, 0.2) is 0 Å². The maximum Gasteiger partial charge on any atom is 0.416 e. The van der Waals surface area contributed by atoms with Crippen molar-refractivity contribution < 1.29 is 18.0 Å². The molecular formula is C10H8BrF3N2O. The summed E-state index contributed by atoms with van der Waals surface area (Å²) in [6.45, 7) is 0.284. The number of benzene rings is 1. The second-order valence-electron chi connectivity index (χ2n) is 3.68. The van der Waals surface area contributed by atoms with Gasteiger partial charge < -0.3 is 10.6 Å². The molecule has 1 aliphatic heterocycles. The van der Waals surface area contributed by atoms with Crippen LogP contribution in [0.25, 0.3) is 0 Å². The lowest BCUT2D eigenvalue weighted by Gasteiger charge is -2.13. The molecule has 2 amide bonds. The van der Waals surface area contributed by atoms with E-state index in [1.54, 1.807) is 6.07 Å². The third kappa shape index (κ3) is 2.71. The highest BCUT2D eigenvalue weighted by Crippen LogP contribution is 2.33. The Morgan fingerprint density at radius 3 is 2.53 bits per heavy atom. The Bertz CT molecular complexity index is 461. The van der Waals surface area contributed by atoms with E-state index in [0.717, 1.165) is 12.1 Å². The van der Waals surface area contributed by atoms with E-state index in [4.69, 9.17) is 0 Å². The Labute approximate surface area is 104 Å². The van der Waals surface area contributed by atoms with Crippen LogP contribution in [0, 0.1) is 0 Å². The molecule has 1 heterocycles. The van der Waals surface area contributed by atoms with Gasteiger partial charge in [-0.25, -0.2) is 4.79 Å². The number of rotatable bonds is 1. The van der Waals surface area contributed by atoms with Gasteiger partial charge >= 0.3 is 12.2 Å². The molecule has 0 bridgehead atoms. The van der Waals surface area contributed by atoms with Crippen LogP contribution in [0.3, 0.4) is 0 Å².